The quantitative estimate of drug-likeness (QED) is 0.172. The molecule has 0 aromatic carbocycles. The molecule has 0 heterocycles. The van der Waals surface area contributed by atoms with Crippen molar-refractivity contribution >= 4 is 12.2 Å². The Morgan fingerprint density at radius 3 is 1.48 bits per heavy atom. The lowest BCUT2D eigenvalue weighted by molar-refractivity contribution is -0.108. The van der Waals surface area contributed by atoms with Gasteiger partial charge in [-0.2, -0.15) is 0 Å². The summed E-state index contributed by atoms with van der Waals surface area (Å²) in [5, 5.41) is 5.56. The molecule has 2 N–H and O–H groups in total. The van der Waals surface area contributed by atoms with Crippen LogP contribution in [0.1, 0.15) is 79.1 Å². The fraction of sp³-hybridized carbons (Fsp3) is 0.829. The van der Waals surface area contributed by atoms with Crippen LogP contribution < -0.4 is 10.6 Å². The third-order valence-electron chi connectivity index (χ3n) is 9.32. The van der Waals surface area contributed by atoms with Crippen molar-refractivity contribution < 1.29 is 33.3 Å². The Balaban J connectivity index is 0.959. The van der Waals surface area contributed by atoms with Gasteiger partial charge in [0.1, 0.15) is 0 Å². The average Bonchev–Trinajstić information content (AvgIpc) is 3.81. The van der Waals surface area contributed by atoms with Gasteiger partial charge in [0.2, 0.25) is 0 Å². The van der Waals surface area contributed by atoms with E-state index in [1.165, 1.54) is 0 Å². The SMILES string of the molecule is CC(C)(COCCNC(=O)OC[C@@H]1[C@@H]2CCC#CCC[C@@H]21)COC(C)(C)COCCNC(=O)OC[C@@H]1[C@@H]2CCC#CCC[C@@H]21. The number of ether oxygens (including phenoxy) is 5. The minimum atomic E-state index is -0.489. The van der Waals surface area contributed by atoms with E-state index >= 15 is 0 Å². The van der Waals surface area contributed by atoms with Crippen molar-refractivity contribution in [1.82, 2.24) is 10.6 Å². The second-order valence-electron chi connectivity index (χ2n) is 14.2. The van der Waals surface area contributed by atoms with Crippen molar-refractivity contribution in [2.75, 3.05) is 59.3 Å². The summed E-state index contributed by atoms with van der Waals surface area (Å²) in [4.78, 5) is 24.2. The van der Waals surface area contributed by atoms with Crippen LogP contribution in [-0.2, 0) is 23.7 Å². The predicted octanol–water partition coefficient (Wildman–Crippen LogP) is 5.17. The topological polar surface area (TPSA) is 104 Å². The molecule has 4 rings (SSSR count). The van der Waals surface area contributed by atoms with Crippen LogP contribution in [0.3, 0.4) is 0 Å². The summed E-state index contributed by atoms with van der Waals surface area (Å²) in [6.45, 7) is 12.1. The van der Waals surface area contributed by atoms with E-state index in [1.54, 1.807) is 0 Å². The van der Waals surface area contributed by atoms with Gasteiger partial charge in [0.05, 0.1) is 51.8 Å². The van der Waals surface area contributed by atoms with Crippen LogP contribution in [0.4, 0.5) is 9.59 Å². The van der Waals surface area contributed by atoms with E-state index in [-0.39, 0.29) is 17.6 Å². The van der Waals surface area contributed by atoms with E-state index in [9.17, 15) is 9.59 Å². The van der Waals surface area contributed by atoms with Crippen LogP contribution in [0, 0.1) is 64.6 Å². The van der Waals surface area contributed by atoms with Crippen molar-refractivity contribution in [1.29, 1.82) is 0 Å². The minimum Gasteiger partial charge on any atom is -0.449 e. The second kappa shape index (κ2) is 16.7. The van der Waals surface area contributed by atoms with E-state index in [0.717, 1.165) is 51.4 Å². The molecule has 0 saturated heterocycles. The van der Waals surface area contributed by atoms with Crippen molar-refractivity contribution in [2.45, 2.75) is 84.7 Å². The summed E-state index contributed by atoms with van der Waals surface area (Å²) in [5.41, 5.74) is -0.701. The Hall–Kier alpha value is -2.46. The van der Waals surface area contributed by atoms with E-state index in [4.69, 9.17) is 23.7 Å². The van der Waals surface area contributed by atoms with Gasteiger partial charge in [-0.3, -0.25) is 0 Å². The first kappa shape index (κ1) is 34.4. The monoisotopic (exact) mass is 614 g/mol. The van der Waals surface area contributed by atoms with Gasteiger partial charge in [-0.15, -0.1) is 23.7 Å². The molecule has 0 bridgehead atoms. The van der Waals surface area contributed by atoms with Gasteiger partial charge >= 0.3 is 12.2 Å². The zero-order valence-electron chi connectivity index (χ0n) is 27.3. The third kappa shape index (κ3) is 11.8. The first-order valence-electron chi connectivity index (χ1n) is 16.7. The molecule has 4 aliphatic carbocycles. The van der Waals surface area contributed by atoms with E-state index in [2.05, 4.69) is 48.2 Å². The van der Waals surface area contributed by atoms with Crippen LogP contribution in [-0.4, -0.2) is 77.1 Å². The maximum absolute atomic E-state index is 12.1. The molecule has 2 fully saturated rings. The summed E-state index contributed by atoms with van der Waals surface area (Å²) in [7, 11) is 0. The van der Waals surface area contributed by atoms with Gasteiger partial charge in [-0.05, 0) is 75.0 Å². The summed E-state index contributed by atoms with van der Waals surface area (Å²) in [6, 6.07) is 0. The lowest BCUT2D eigenvalue weighted by Crippen LogP contribution is -2.38. The van der Waals surface area contributed by atoms with Crippen LogP contribution in [0.15, 0.2) is 0 Å². The number of carbonyl (C=O) groups is 2. The van der Waals surface area contributed by atoms with Crippen molar-refractivity contribution in [3.8, 4) is 23.7 Å². The van der Waals surface area contributed by atoms with E-state index in [1.807, 2.05) is 13.8 Å². The van der Waals surface area contributed by atoms with Crippen molar-refractivity contribution in [2.24, 2.45) is 40.9 Å². The van der Waals surface area contributed by atoms with Gasteiger partial charge in [0.15, 0.2) is 0 Å². The fourth-order valence-corrected chi connectivity index (χ4v) is 6.60. The molecule has 44 heavy (non-hydrogen) atoms. The zero-order chi connectivity index (χ0) is 31.4. The molecule has 0 aromatic rings. The van der Waals surface area contributed by atoms with Crippen LogP contribution in [0.2, 0.25) is 0 Å². The predicted molar refractivity (Wildman–Crippen MR) is 168 cm³/mol. The first-order valence-corrected chi connectivity index (χ1v) is 16.7. The minimum absolute atomic E-state index is 0.211. The zero-order valence-corrected chi connectivity index (χ0v) is 27.3. The molecule has 2 saturated carbocycles. The Bertz CT molecular complexity index is 948. The maximum atomic E-state index is 12.1. The van der Waals surface area contributed by atoms with Crippen molar-refractivity contribution in [3.05, 3.63) is 0 Å². The van der Waals surface area contributed by atoms with Gasteiger partial charge in [-0.1, -0.05) is 13.8 Å². The summed E-state index contributed by atoms with van der Waals surface area (Å²) < 4.78 is 28.6. The molecule has 9 nitrogen and oxygen atoms in total. The number of carbonyl (C=O) groups excluding carboxylic acids is 2. The van der Waals surface area contributed by atoms with E-state index < -0.39 is 5.60 Å². The molecule has 9 heteroatoms. The normalized spacial score (nSPS) is 27.2. The van der Waals surface area contributed by atoms with Gasteiger partial charge in [0.25, 0.3) is 0 Å². The standard InChI is InChI=1S/C35H54N2O7/c1-34(2,23-40-19-17-36-32(38)42-21-30-26-13-9-5-6-10-14-27(26)30)24-44-35(3,4)25-41-20-18-37-33(39)43-22-31-28-15-11-7-8-12-16-29(28)31/h26-31H,9-25H2,1-4H3,(H,36,38)(H,37,39)/t26-,27+,28-,29+,30-,31-. The summed E-state index contributed by atoms with van der Waals surface area (Å²) >= 11 is 0. The molecule has 0 radical (unpaired) electrons. The highest BCUT2D eigenvalue weighted by atomic mass is 16.6. The molecular formula is C35H54N2O7. The Morgan fingerprint density at radius 1 is 0.636 bits per heavy atom. The summed E-state index contributed by atoms with van der Waals surface area (Å²) in [5.74, 6) is 16.5. The van der Waals surface area contributed by atoms with E-state index in [0.29, 0.717) is 94.8 Å². The largest absolute Gasteiger partial charge is 0.449 e. The molecule has 246 valence electrons. The van der Waals surface area contributed by atoms with Crippen molar-refractivity contribution in [3.63, 3.8) is 0 Å². The Labute approximate surface area is 264 Å². The number of hydrogen-bond acceptors (Lipinski definition) is 7. The number of fused-ring (bicyclic) bond motifs is 2. The molecule has 0 aromatic heterocycles. The lowest BCUT2D eigenvalue weighted by Gasteiger charge is -2.31. The molecule has 2 amide bonds. The van der Waals surface area contributed by atoms with Gasteiger partial charge in [-0.25, -0.2) is 9.59 Å². The smallest absolute Gasteiger partial charge is 0.407 e. The molecule has 0 spiro atoms. The highest BCUT2D eigenvalue weighted by Crippen LogP contribution is 2.53. The number of nitrogens with one attached hydrogen (secondary N) is 2. The number of hydrogen-bond donors (Lipinski definition) is 2. The molecule has 6 atom stereocenters. The fourth-order valence-electron chi connectivity index (χ4n) is 6.60. The van der Waals surface area contributed by atoms with Crippen LogP contribution >= 0.6 is 0 Å². The Kier molecular flexibility index (Phi) is 13.1. The third-order valence-corrected chi connectivity index (χ3v) is 9.32. The number of amides is 2. The maximum Gasteiger partial charge on any atom is 0.407 e. The number of alkyl carbamates (subject to hydrolysis) is 2. The molecular weight excluding hydrogens is 560 g/mol. The molecule has 0 aliphatic heterocycles. The first-order chi connectivity index (χ1) is 21.2. The van der Waals surface area contributed by atoms with Crippen LogP contribution in [0.5, 0.6) is 0 Å². The highest BCUT2D eigenvalue weighted by Gasteiger charge is 2.50. The van der Waals surface area contributed by atoms with Crippen LogP contribution in [0.25, 0.3) is 0 Å². The summed E-state index contributed by atoms with van der Waals surface area (Å²) in [6.07, 6.45) is 7.57. The molecule has 4 aliphatic rings. The van der Waals surface area contributed by atoms with Gasteiger partial charge < -0.3 is 34.3 Å². The van der Waals surface area contributed by atoms with Gasteiger partial charge in [0, 0.05) is 44.2 Å². The average molecular weight is 615 g/mol. The highest BCUT2D eigenvalue weighted by molar-refractivity contribution is 5.67. The Morgan fingerprint density at radius 2 is 1.05 bits per heavy atom. The second-order valence-corrected chi connectivity index (χ2v) is 14.2. The lowest BCUT2D eigenvalue weighted by atomic mass is 9.96. The molecule has 0 unspecified atom stereocenters. The number of rotatable bonds is 17.